The zero-order chi connectivity index (χ0) is 13.9. The van der Waals surface area contributed by atoms with E-state index < -0.39 is 0 Å². The summed E-state index contributed by atoms with van der Waals surface area (Å²) in [6.07, 6.45) is 5.77. The molecule has 0 aliphatic carbocycles. The number of hydrogen-bond acceptors (Lipinski definition) is 3. The van der Waals surface area contributed by atoms with Gasteiger partial charge in [-0.15, -0.1) is 11.8 Å². The van der Waals surface area contributed by atoms with Crippen molar-refractivity contribution in [2.45, 2.75) is 44.4 Å². The minimum atomic E-state index is 0.140. The molecule has 1 amide bonds. The lowest BCUT2D eigenvalue weighted by Gasteiger charge is -2.26. The van der Waals surface area contributed by atoms with E-state index in [2.05, 4.69) is 25.8 Å². The van der Waals surface area contributed by atoms with Crippen LogP contribution in [0.2, 0.25) is 0 Å². The zero-order valence-corrected chi connectivity index (χ0v) is 12.7. The van der Waals surface area contributed by atoms with Crippen molar-refractivity contribution >= 4 is 17.7 Å². The number of nitrogens with zero attached hydrogens (tertiary/aromatic N) is 2. The predicted octanol–water partition coefficient (Wildman–Crippen LogP) is 3.28. The molecule has 1 atom stereocenters. The Labute approximate surface area is 119 Å². The third kappa shape index (κ3) is 3.96. The van der Waals surface area contributed by atoms with Crippen molar-refractivity contribution in [2.24, 2.45) is 0 Å². The molecule has 4 heteroatoms. The number of likely N-dealkylation sites (tertiary alicyclic amines) is 1. The highest BCUT2D eigenvalue weighted by Crippen LogP contribution is 2.33. The van der Waals surface area contributed by atoms with Crippen molar-refractivity contribution in [3.05, 3.63) is 30.1 Å². The van der Waals surface area contributed by atoms with Crippen molar-refractivity contribution < 1.29 is 4.79 Å². The van der Waals surface area contributed by atoms with Gasteiger partial charge in [0, 0.05) is 23.7 Å². The lowest BCUT2D eigenvalue weighted by Crippen LogP contribution is -2.33. The summed E-state index contributed by atoms with van der Waals surface area (Å²) < 4.78 is 0.140. The van der Waals surface area contributed by atoms with Crippen LogP contribution < -0.4 is 0 Å². The van der Waals surface area contributed by atoms with Gasteiger partial charge in [-0.3, -0.25) is 9.78 Å². The second-order valence-corrected chi connectivity index (χ2v) is 7.73. The highest BCUT2D eigenvalue weighted by molar-refractivity contribution is 8.01. The van der Waals surface area contributed by atoms with E-state index in [-0.39, 0.29) is 16.7 Å². The first-order chi connectivity index (χ1) is 8.97. The number of carbonyl (C=O) groups excluding carboxylic acids is 1. The lowest BCUT2D eigenvalue weighted by molar-refractivity contribution is -0.129. The van der Waals surface area contributed by atoms with Gasteiger partial charge in [0.15, 0.2) is 0 Å². The third-order valence-corrected chi connectivity index (χ3v) is 4.55. The number of thioether (sulfide) groups is 1. The van der Waals surface area contributed by atoms with E-state index in [1.165, 1.54) is 5.56 Å². The lowest BCUT2D eigenvalue weighted by atomic mass is 10.1. The molecular formula is C15H22N2OS. The fourth-order valence-corrected chi connectivity index (χ4v) is 3.08. The molecule has 0 spiro atoms. The highest BCUT2D eigenvalue weighted by atomic mass is 32.2. The average molecular weight is 278 g/mol. The first-order valence-corrected chi connectivity index (χ1v) is 7.79. The molecule has 1 aromatic rings. The summed E-state index contributed by atoms with van der Waals surface area (Å²) in [4.78, 5) is 18.4. The summed E-state index contributed by atoms with van der Waals surface area (Å²) in [6, 6.07) is 4.29. The summed E-state index contributed by atoms with van der Waals surface area (Å²) in [5, 5.41) is 0. The normalized spacial score (nSPS) is 19.7. The van der Waals surface area contributed by atoms with E-state index in [1.807, 2.05) is 17.0 Å². The summed E-state index contributed by atoms with van der Waals surface area (Å²) in [5.41, 5.74) is 1.21. The number of aromatic nitrogens is 1. The van der Waals surface area contributed by atoms with Gasteiger partial charge in [-0.2, -0.15) is 0 Å². The van der Waals surface area contributed by atoms with E-state index in [4.69, 9.17) is 0 Å². The fraction of sp³-hybridized carbons (Fsp3) is 0.600. The second-order valence-electron chi connectivity index (χ2n) is 5.93. The number of carbonyl (C=O) groups is 1. The molecule has 19 heavy (non-hydrogen) atoms. The summed E-state index contributed by atoms with van der Waals surface area (Å²) in [5.74, 6) is 0.838. The van der Waals surface area contributed by atoms with Crippen molar-refractivity contribution in [1.29, 1.82) is 0 Å². The van der Waals surface area contributed by atoms with Crippen molar-refractivity contribution in [2.75, 3.05) is 12.3 Å². The Hall–Kier alpha value is -1.03. The maximum atomic E-state index is 12.4. The van der Waals surface area contributed by atoms with Crippen molar-refractivity contribution in [3.8, 4) is 0 Å². The molecule has 3 nitrogen and oxygen atoms in total. The smallest absolute Gasteiger partial charge is 0.233 e. The van der Waals surface area contributed by atoms with Crippen LogP contribution >= 0.6 is 11.8 Å². The second kappa shape index (κ2) is 5.95. The van der Waals surface area contributed by atoms with Crippen LogP contribution in [-0.2, 0) is 4.79 Å². The van der Waals surface area contributed by atoms with Crippen LogP contribution in [0.4, 0.5) is 0 Å². The molecular weight excluding hydrogens is 256 g/mol. The number of hydrogen-bond donors (Lipinski definition) is 0. The summed E-state index contributed by atoms with van der Waals surface area (Å²) in [7, 11) is 0. The van der Waals surface area contributed by atoms with Gasteiger partial charge >= 0.3 is 0 Å². The molecule has 104 valence electrons. The molecule has 1 aromatic heterocycles. The van der Waals surface area contributed by atoms with Crippen LogP contribution in [0.1, 0.15) is 45.2 Å². The average Bonchev–Trinajstić information content (AvgIpc) is 2.85. The van der Waals surface area contributed by atoms with Gasteiger partial charge in [0.05, 0.1) is 11.8 Å². The van der Waals surface area contributed by atoms with Gasteiger partial charge in [-0.05, 0) is 30.5 Å². The van der Waals surface area contributed by atoms with Crippen LogP contribution in [0.25, 0.3) is 0 Å². The standard InChI is InChI=1S/C15H22N2OS/c1-15(2,3)19-11-14(18)17-10-4-5-13(17)12-6-8-16-9-7-12/h6-9,13H,4-5,10-11H2,1-3H3. The Morgan fingerprint density at radius 3 is 2.74 bits per heavy atom. The molecule has 0 saturated carbocycles. The van der Waals surface area contributed by atoms with Crippen LogP contribution in [-0.4, -0.2) is 32.8 Å². The molecule has 2 heterocycles. The third-order valence-electron chi connectivity index (χ3n) is 3.29. The first-order valence-electron chi connectivity index (χ1n) is 6.81. The molecule has 1 unspecified atom stereocenters. The fourth-order valence-electron chi connectivity index (χ4n) is 2.36. The molecule has 1 aliphatic heterocycles. The SMILES string of the molecule is CC(C)(C)SCC(=O)N1CCCC1c1ccncc1. The van der Waals surface area contributed by atoms with E-state index in [1.54, 1.807) is 24.2 Å². The number of rotatable bonds is 3. The maximum Gasteiger partial charge on any atom is 0.233 e. The van der Waals surface area contributed by atoms with Gasteiger partial charge in [-0.25, -0.2) is 0 Å². The molecule has 1 saturated heterocycles. The monoisotopic (exact) mass is 278 g/mol. The Kier molecular flexibility index (Phi) is 4.50. The molecule has 0 N–H and O–H groups in total. The number of pyridine rings is 1. The van der Waals surface area contributed by atoms with Crippen LogP contribution in [0.15, 0.2) is 24.5 Å². The summed E-state index contributed by atoms with van der Waals surface area (Å²) in [6.45, 7) is 7.33. The van der Waals surface area contributed by atoms with Gasteiger partial charge in [0.1, 0.15) is 0 Å². The van der Waals surface area contributed by atoms with E-state index >= 15 is 0 Å². The Morgan fingerprint density at radius 1 is 1.42 bits per heavy atom. The minimum Gasteiger partial charge on any atom is -0.335 e. The van der Waals surface area contributed by atoms with Gasteiger partial charge in [0.2, 0.25) is 5.91 Å². The molecule has 1 aliphatic rings. The quantitative estimate of drug-likeness (QED) is 0.850. The van der Waals surface area contributed by atoms with Crippen LogP contribution in [0.3, 0.4) is 0 Å². The molecule has 0 bridgehead atoms. The molecule has 1 fully saturated rings. The molecule has 0 aromatic carbocycles. The van der Waals surface area contributed by atoms with E-state index in [0.29, 0.717) is 5.75 Å². The zero-order valence-electron chi connectivity index (χ0n) is 11.9. The van der Waals surface area contributed by atoms with E-state index in [0.717, 1.165) is 19.4 Å². The van der Waals surface area contributed by atoms with Crippen LogP contribution in [0, 0.1) is 0 Å². The highest BCUT2D eigenvalue weighted by Gasteiger charge is 2.30. The molecule has 0 radical (unpaired) electrons. The summed E-state index contributed by atoms with van der Waals surface area (Å²) >= 11 is 1.72. The Morgan fingerprint density at radius 2 is 2.11 bits per heavy atom. The Bertz CT molecular complexity index is 428. The van der Waals surface area contributed by atoms with Gasteiger partial charge in [-0.1, -0.05) is 20.8 Å². The van der Waals surface area contributed by atoms with Gasteiger partial charge < -0.3 is 4.90 Å². The van der Waals surface area contributed by atoms with E-state index in [9.17, 15) is 4.79 Å². The number of amides is 1. The largest absolute Gasteiger partial charge is 0.335 e. The van der Waals surface area contributed by atoms with Crippen molar-refractivity contribution in [3.63, 3.8) is 0 Å². The van der Waals surface area contributed by atoms with Gasteiger partial charge in [0.25, 0.3) is 0 Å². The maximum absolute atomic E-state index is 12.4. The minimum absolute atomic E-state index is 0.140. The Balaban J connectivity index is 2.01. The van der Waals surface area contributed by atoms with Crippen molar-refractivity contribution in [1.82, 2.24) is 9.88 Å². The topological polar surface area (TPSA) is 33.2 Å². The molecule has 2 rings (SSSR count). The predicted molar refractivity (Wildman–Crippen MR) is 80.1 cm³/mol. The van der Waals surface area contributed by atoms with Crippen LogP contribution in [0.5, 0.6) is 0 Å². The first kappa shape index (κ1) is 14.4.